The summed E-state index contributed by atoms with van der Waals surface area (Å²) in [4.78, 5) is 15.8. The molecule has 1 fully saturated rings. The second-order valence-electron chi connectivity index (χ2n) is 8.44. The number of thiocarbonyl (C=S) groups is 1. The molecule has 0 saturated carbocycles. The minimum Gasteiger partial charge on any atom is -0.491 e. The Morgan fingerprint density at radius 3 is 2.76 bits per heavy atom. The highest BCUT2D eigenvalue weighted by atomic mass is 35.5. The number of halogens is 1. The average Bonchev–Trinajstić information content (AvgIpc) is 3.57. The monoisotopic (exact) mass is 544 g/mol. The molecular formula is C26H29ClN4O5S. The van der Waals surface area contributed by atoms with Crippen LogP contribution in [-0.2, 0) is 27.2 Å². The van der Waals surface area contributed by atoms with Crippen molar-refractivity contribution in [3.05, 3.63) is 77.8 Å². The standard InChI is InChI=1S/C26H29ClN4O5S/c1-2-33-25(32)29-31(19-37)22-7-9-23(10-8-22)34-15-24-16-35-26(36-24,17-30-14-13-28-18-30)12-11-20-3-5-21(27)6-4-20/h3-10,13-14,18-19,24H,2,11-12,15-17H2,1H3,(H,29,32)/t24-,26+/m1/s1. The van der Waals surface area contributed by atoms with Crippen molar-refractivity contribution in [2.75, 3.05) is 24.8 Å². The zero-order valence-corrected chi connectivity index (χ0v) is 22.0. The molecule has 37 heavy (non-hydrogen) atoms. The number of carbonyl (C=O) groups excluding carboxylic acids is 1. The van der Waals surface area contributed by atoms with Crippen molar-refractivity contribution >= 4 is 41.1 Å². The Balaban J connectivity index is 1.34. The minimum atomic E-state index is -0.795. The average molecular weight is 545 g/mol. The molecule has 0 bridgehead atoms. The number of benzene rings is 2. The third kappa shape index (κ3) is 7.65. The third-order valence-electron chi connectivity index (χ3n) is 5.75. The lowest BCUT2D eigenvalue weighted by molar-refractivity contribution is -0.184. The van der Waals surface area contributed by atoms with Crippen LogP contribution in [0.5, 0.6) is 5.75 Å². The summed E-state index contributed by atoms with van der Waals surface area (Å²) in [5.41, 5.74) is 5.70. The topological polar surface area (TPSA) is 87.1 Å². The van der Waals surface area contributed by atoms with Gasteiger partial charge in [-0.1, -0.05) is 36.0 Å². The van der Waals surface area contributed by atoms with Gasteiger partial charge in [0.2, 0.25) is 0 Å². The summed E-state index contributed by atoms with van der Waals surface area (Å²) in [6.07, 6.45) is 5.99. The van der Waals surface area contributed by atoms with Crippen LogP contribution in [0, 0.1) is 0 Å². The number of anilines is 1. The number of imidazole rings is 1. The van der Waals surface area contributed by atoms with Gasteiger partial charge in [0.1, 0.15) is 18.5 Å². The lowest BCUT2D eigenvalue weighted by atomic mass is 10.0. The molecule has 11 heteroatoms. The van der Waals surface area contributed by atoms with Crippen LogP contribution in [0.3, 0.4) is 0 Å². The van der Waals surface area contributed by atoms with Gasteiger partial charge in [0.15, 0.2) is 5.79 Å². The van der Waals surface area contributed by atoms with Crippen molar-refractivity contribution < 1.29 is 23.7 Å². The van der Waals surface area contributed by atoms with Crippen LogP contribution >= 0.6 is 23.8 Å². The van der Waals surface area contributed by atoms with Gasteiger partial charge >= 0.3 is 6.09 Å². The molecule has 196 valence electrons. The number of ether oxygens (including phenoxy) is 4. The molecule has 1 saturated heterocycles. The summed E-state index contributed by atoms with van der Waals surface area (Å²) in [5, 5.41) is 2.11. The first-order chi connectivity index (χ1) is 18.0. The van der Waals surface area contributed by atoms with Crippen LogP contribution < -0.4 is 15.2 Å². The molecule has 0 unspecified atom stereocenters. The van der Waals surface area contributed by atoms with E-state index >= 15 is 0 Å². The molecule has 0 radical (unpaired) electrons. The highest BCUT2D eigenvalue weighted by molar-refractivity contribution is 7.79. The lowest BCUT2D eigenvalue weighted by Gasteiger charge is -2.28. The van der Waals surface area contributed by atoms with Crippen LogP contribution in [0.2, 0.25) is 5.02 Å². The predicted molar refractivity (Wildman–Crippen MR) is 144 cm³/mol. The largest absolute Gasteiger partial charge is 0.491 e. The number of rotatable bonds is 12. The van der Waals surface area contributed by atoms with Gasteiger partial charge in [-0.05, 0) is 55.3 Å². The van der Waals surface area contributed by atoms with Crippen LogP contribution in [0.15, 0.2) is 67.3 Å². The highest BCUT2D eigenvalue weighted by Crippen LogP contribution is 2.31. The number of nitrogens with one attached hydrogen (secondary N) is 1. The van der Waals surface area contributed by atoms with Gasteiger partial charge in [-0.25, -0.2) is 20.2 Å². The van der Waals surface area contributed by atoms with E-state index in [2.05, 4.69) is 10.4 Å². The first kappa shape index (κ1) is 26.9. The van der Waals surface area contributed by atoms with E-state index in [9.17, 15) is 4.79 Å². The first-order valence-electron chi connectivity index (χ1n) is 11.9. The number of amides is 1. The van der Waals surface area contributed by atoms with E-state index in [0.717, 1.165) is 12.0 Å². The third-order valence-corrected chi connectivity index (χ3v) is 6.21. The fraction of sp³-hybridized carbons (Fsp3) is 0.346. The van der Waals surface area contributed by atoms with E-state index in [0.29, 0.717) is 42.6 Å². The summed E-state index contributed by atoms with van der Waals surface area (Å²) in [5.74, 6) is -0.141. The van der Waals surface area contributed by atoms with Gasteiger partial charge in [0, 0.05) is 23.8 Å². The van der Waals surface area contributed by atoms with Crippen molar-refractivity contribution in [2.45, 2.75) is 38.2 Å². The molecule has 2 aromatic carbocycles. The van der Waals surface area contributed by atoms with E-state index in [-0.39, 0.29) is 12.7 Å². The summed E-state index contributed by atoms with van der Waals surface area (Å²) in [7, 11) is 0. The SMILES string of the molecule is CCOC(=O)NN(C=S)c1ccc(OC[C@@H]2CO[C@](CCc3ccc(Cl)cc3)(Cn3ccnc3)O2)cc1. The summed E-state index contributed by atoms with van der Waals surface area (Å²) in [6, 6.07) is 15.0. The Morgan fingerprint density at radius 1 is 1.30 bits per heavy atom. The van der Waals surface area contributed by atoms with Crippen LogP contribution in [0.25, 0.3) is 0 Å². The van der Waals surface area contributed by atoms with Gasteiger partial charge < -0.3 is 23.5 Å². The second-order valence-corrected chi connectivity index (χ2v) is 9.08. The first-order valence-corrected chi connectivity index (χ1v) is 12.8. The van der Waals surface area contributed by atoms with Crippen molar-refractivity contribution in [1.82, 2.24) is 15.0 Å². The maximum atomic E-state index is 11.7. The van der Waals surface area contributed by atoms with E-state index in [4.69, 9.17) is 42.8 Å². The summed E-state index contributed by atoms with van der Waals surface area (Å²) in [6.45, 7) is 3.25. The lowest BCUT2D eigenvalue weighted by Crippen LogP contribution is -2.41. The molecule has 0 aliphatic carbocycles. The number of hydrazine groups is 1. The van der Waals surface area contributed by atoms with Crippen molar-refractivity contribution in [3.63, 3.8) is 0 Å². The molecule has 2 atom stereocenters. The summed E-state index contributed by atoms with van der Waals surface area (Å²) >= 11 is 11.0. The number of hydrogen-bond acceptors (Lipinski definition) is 7. The van der Waals surface area contributed by atoms with E-state index in [1.54, 1.807) is 43.7 Å². The Bertz CT molecular complexity index is 1150. The molecule has 1 amide bonds. The molecule has 0 spiro atoms. The van der Waals surface area contributed by atoms with Crippen LogP contribution in [0.1, 0.15) is 18.9 Å². The van der Waals surface area contributed by atoms with Crippen molar-refractivity contribution in [3.8, 4) is 5.75 Å². The molecule has 1 aliphatic heterocycles. The van der Waals surface area contributed by atoms with Gasteiger partial charge in [-0.2, -0.15) is 0 Å². The van der Waals surface area contributed by atoms with Crippen molar-refractivity contribution in [2.24, 2.45) is 0 Å². The minimum absolute atomic E-state index is 0.239. The second kappa shape index (κ2) is 12.9. The predicted octanol–water partition coefficient (Wildman–Crippen LogP) is 4.78. The highest BCUT2D eigenvalue weighted by Gasteiger charge is 2.42. The Labute approximate surface area is 226 Å². The number of aromatic nitrogens is 2. The zero-order valence-electron chi connectivity index (χ0n) is 20.4. The molecule has 1 aliphatic rings. The Morgan fingerprint density at radius 2 is 2.08 bits per heavy atom. The Hall–Kier alpha value is -3.18. The normalized spacial score (nSPS) is 18.8. The van der Waals surface area contributed by atoms with Crippen LogP contribution in [0.4, 0.5) is 10.5 Å². The molecule has 1 aromatic heterocycles. The number of aryl methyl sites for hydroxylation is 1. The van der Waals surface area contributed by atoms with E-state index in [1.165, 1.54) is 10.5 Å². The van der Waals surface area contributed by atoms with Gasteiger partial charge in [-0.15, -0.1) is 0 Å². The van der Waals surface area contributed by atoms with Crippen molar-refractivity contribution in [1.29, 1.82) is 0 Å². The molecular weight excluding hydrogens is 516 g/mol. The zero-order chi connectivity index (χ0) is 26.1. The molecule has 3 aromatic rings. The fourth-order valence-corrected chi connectivity index (χ4v) is 4.24. The van der Waals surface area contributed by atoms with Crippen LogP contribution in [-0.4, -0.2) is 52.8 Å². The smallest absolute Gasteiger partial charge is 0.426 e. The molecule has 9 nitrogen and oxygen atoms in total. The number of nitrogens with zero attached hydrogens (tertiary/aromatic N) is 3. The fourth-order valence-electron chi connectivity index (χ4n) is 3.94. The number of carbonyl (C=O) groups is 1. The summed E-state index contributed by atoms with van der Waals surface area (Å²) < 4.78 is 25.5. The Kier molecular flexibility index (Phi) is 9.34. The van der Waals surface area contributed by atoms with Gasteiger partial charge in [0.05, 0.1) is 37.3 Å². The quantitative estimate of drug-likeness (QED) is 0.257. The van der Waals surface area contributed by atoms with E-state index in [1.807, 2.05) is 35.0 Å². The van der Waals surface area contributed by atoms with Gasteiger partial charge in [-0.3, -0.25) is 0 Å². The van der Waals surface area contributed by atoms with E-state index < -0.39 is 11.9 Å². The molecule has 1 N–H and O–H groups in total. The van der Waals surface area contributed by atoms with Gasteiger partial charge in [0.25, 0.3) is 0 Å². The molecule has 4 rings (SSSR count). The maximum Gasteiger partial charge on any atom is 0.426 e. The number of hydrogen-bond donors (Lipinski definition) is 1. The molecule has 2 heterocycles. The maximum absolute atomic E-state index is 11.7.